The molecule has 0 aliphatic carbocycles. The molecule has 4 heteroatoms. The van der Waals surface area contributed by atoms with Crippen molar-refractivity contribution in [1.29, 1.82) is 0 Å². The Morgan fingerprint density at radius 2 is 1.22 bits per heavy atom. The fourth-order valence-electron chi connectivity index (χ4n) is 3.82. The summed E-state index contributed by atoms with van der Waals surface area (Å²) in [5.41, 5.74) is 2.01. The number of aliphatic hydroxyl groups is 1. The van der Waals surface area contributed by atoms with Crippen molar-refractivity contribution in [1.82, 2.24) is 5.01 Å². The van der Waals surface area contributed by atoms with Gasteiger partial charge in [0.25, 0.3) is 0 Å². The van der Waals surface area contributed by atoms with Gasteiger partial charge in [-0.15, -0.1) is 4.91 Å². The van der Waals surface area contributed by atoms with E-state index in [0.717, 1.165) is 11.1 Å². The summed E-state index contributed by atoms with van der Waals surface area (Å²) < 4.78 is 0. The van der Waals surface area contributed by atoms with E-state index in [0.29, 0.717) is 0 Å². The predicted octanol–water partition coefficient (Wildman–Crippen LogP) is 4.10. The molecule has 0 bridgehead atoms. The van der Waals surface area contributed by atoms with Gasteiger partial charge in [0, 0.05) is 11.8 Å². The first-order valence-electron chi connectivity index (χ1n) is 8.04. The topological polar surface area (TPSA) is 52.9 Å². The second-order valence-corrected chi connectivity index (χ2v) is 6.38. The number of nitrogens with zero attached hydrogens (tertiary/aromatic N) is 2. The summed E-state index contributed by atoms with van der Waals surface area (Å²) in [6.07, 6.45) is -0.497. The molecule has 1 fully saturated rings. The highest BCUT2D eigenvalue weighted by Crippen LogP contribution is 2.47. The zero-order valence-electron chi connectivity index (χ0n) is 13.4. The fourth-order valence-corrected chi connectivity index (χ4v) is 3.82. The average Bonchev–Trinajstić information content (AvgIpc) is 2.61. The standard InChI is InChI=1S/C19H22N2O2/c1-13-17(15-9-5-3-6-10-15)21(20-23)18(14(2)19(13)22)16-11-7-4-8-12-16/h3-14,17-19,22H,1-2H3/t13-,14+,17+,18-,19?. The monoisotopic (exact) mass is 310 g/mol. The van der Waals surface area contributed by atoms with Crippen molar-refractivity contribution in [3.8, 4) is 0 Å². The Hall–Kier alpha value is -2.20. The van der Waals surface area contributed by atoms with Gasteiger partial charge in [0.05, 0.1) is 23.5 Å². The Balaban J connectivity index is 2.07. The number of piperidine rings is 1. The molecule has 3 rings (SSSR count). The van der Waals surface area contributed by atoms with Crippen molar-refractivity contribution in [2.75, 3.05) is 0 Å². The number of benzene rings is 2. The van der Waals surface area contributed by atoms with Gasteiger partial charge in [-0.1, -0.05) is 74.5 Å². The van der Waals surface area contributed by atoms with Crippen molar-refractivity contribution in [2.45, 2.75) is 32.0 Å². The molecule has 1 saturated heterocycles. The fraction of sp³-hybridized carbons (Fsp3) is 0.368. The van der Waals surface area contributed by atoms with E-state index in [2.05, 4.69) is 5.29 Å². The van der Waals surface area contributed by atoms with E-state index in [1.807, 2.05) is 74.5 Å². The Kier molecular flexibility index (Phi) is 4.44. The molecule has 1 unspecified atom stereocenters. The first-order valence-corrected chi connectivity index (χ1v) is 8.04. The highest BCUT2D eigenvalue weighted by Gasteiger charge is 2.46. The van der Waals surface area contributed by atoms with Gasteiger partial charge in [0.2, 0.25) is 0 Å². The Bertz CT molecular complexity index is 593. The van der Waals surface area contributed by atoms with Gasteiger partial charge in [-0.05, 0) is 11.1 Å². The van der Waals surface area contributed by atoms with E-state index in [-0.39, 0.29) is 23.9 Å². The molecular formula is C19H22N2O2. The van der Waals surface area contributed by atoms with Crippen LogP contribution in [0.5, 0.6) is 0 Å². The smallest absolute Gasteiger partial charge is 0.0809 e. The van der Waals surface area contributed by atoms with Gasteiger partial charge < -0.3 is 5.11 Å². The van der Waals surface area contributed by atoms with Gasteiger partial charge >= 0.3 is 0 Å². The lowest BCUT2D eigenvalue weighted by atomic mass is 9.74. The highest BCUT2D eigenvalue weighted by molar-refractivity contribution is 5.26. The lowest BCUT2D eigenvalue weighted by molar-refractivity contribution is -0.0867. The molecule has 2 aromatic rings. The van der Waals surface area contributed by atoms with Gasteiger partial charge in [-0.25, -0.2) is 5.01 Å². The van der Waals surface area contributed by atoms with Crippen LogP contribution in [-0.4, -0.2) is 16.2 Å². The zero-order chi connectivity index (χ0) is 16.4. The zero-order valence-corrected chi connectivity index (χ0v) is 13.4. The number of hydrogen-bond donors (Lipinski definition) is 1. The van der Waals surface area contributed by atoms with Crippen LogP contribution in [0.1, 0.15) is 37.1 Å². The third-order valence-corrected chi connectivity index (χ3v) is 5.02. The minimum absolute atomic E-state index is 0.0786. The van der Waals surface area contributed by atoms with Crippen LogP contribution in [0.3, 0.4) is 0 Å². The first kappa shape index (κ1) is 15.7. The minimum atomic E-state index is -0.497. The van der Waals surface area contributed by atoms with Crippen molar-refractivity contribution in [3.63, 3.8) is 0 Å². The summed E-state index contributed by atoms with van der Waals surface area (Å²) >= 11 is 0. The summed E-state index contributed by atoms with van der Waals surface area (Å²) in [4.78, 5) is 11.7. The molecule has 0 radical (unpaired) electrons. The van der Waals surface area contributed by atoms with Crippen molar-refractivity contribution < 1.29 is 5.11 Å². The van der Waals surface area contributed by atoms with Crippen LogP contribution in [0.4, 0.5) is 0 Å². The molecular weight excluding hydrogens is 288 g/mol. The van der Waals surface area contributed by atoms with Crippen molar-refractivity contribution in [2.24, 2.45) is 17.1 Å². The molecule has 1 aliphatic heterocycles. The van der Waals surface area contributed by atoms with Crippen LogP contribution in [0.15, 0.2) is 65.9 Å². The number of aliphatic hydroxyl groups excluding tert-OH is 1. The van der Waals surface area contributed by atoms with Crippen molar-refractivity contribution >= 4 is 0 Å². The predicted molar refractivity (Wildman–Crippen MR) is 90.3 cm³/mol. The number of hydrogen-bond acceptors (Lipinski definition) is 3. The van der Waals surface area contributed by atoms with Crippen molar-refractivity contribution in [3.05, 3.63) is 76.7 Å². The molecule has 1 aliphatic rings. The molecule has 23 heavy (non-hydrogen) atoms. The lowest BCUT2D eigenvalue weighted by Crippen LogP contribution is -2.49. The lowest BCUT2D eigenvalue weighted by Gasteiger charge is -2.48. The highest BCUT2D eigenvalue weighted by atomic mass is 16.3. The maximum atomic E-state index is 11.7. The molecule has 0 saturated carbocycles. The molecule has 120 valence electrons. The van der Waals surface area contributed by atoms with Crippen LogP contribution in [0.25, 0.3) is 0 Å². The average molecular weight is 310 g/mol. The molecule has 0 aromatic heterocycles. The van der Waals surface area contributed by atoms with E-state index < -0.39 is 6.10 Å². The van der Waals surface area contributed by atoms with Gasteiger partial charge in [-0.3, -0.25) is 0 Å². The minimum Gasteiger partial charge on any atom is -0.392 e. The maximum Gasteiger partial charge on any atom is 0.0809 e. The summed E-state index contributed by atoms with van der Waals surface area (Å²) in [7, 11) is 0. The van der Waals surface area contributed by atoms with Crippen LogP contribution in [-0.2, 0) is 0 Å². The van der Waals surface area contributed by atoms with E-state index in [1.54, 1.807) is 5.01 Å². The number of rotatable bonds is 3. The maximum absolute atomic E-state index is 11.7. The van der Waals surface area contributed by atoms with Gasteiger partial charge in [-0.2, -0.15) is 0 Å². The first-order chi connectivity index (χ1) is 11.1. The Labute approximate surface area is 136 Å². The summed E-state index contributed by atoms with van der Waals surface area (Å²) in [6, 6.07) is 19.2. The molecule has 2 aromatic carbocycles. The Morgan fingerprint density at radius 1 is 0.826 bits per heavy atom. The second-order valence-electron chi connectivity index (χ2n) is 6.38. The normalized spacial score (nSPS) is 30.9. The van der Waals surface area contributed by atoms with E-state index in [1.165, 1.54) is 0 Å². The molecule has 0 spiro atoms. The van der Waals surface area contributed by atoms with Gasteiger partial charge in [0.15, 0.2) is 0 Å². The van der Waals surface area contributed by atoms with Crippen LogP contribution < -0.4 is 0 Å². The second kappa shape index (κ2) is 6.50. The van der Waals surface area contributed by atoms with E-state index in [9.17, 15) is 10.0 Å². The van der Waals surface area contributed by atoms with E-state index in [4.69, 9.17) is 0 Å². The molecule has 1 N–H and O–H groups in total. The molecule has 1 heterocycles. The third-order valence-electron chi connectivity index (χ3n) is 5.02. The number of nitroso groups, excluding NO2 is 1. The SMILES string of the molecule is C[C@@H]1C(O)[C@H](C)[C@@H](c2ccccc2)N(N=O)[C@H]1c1ccccc1. The van der Waals surface area contributed by atoms with Crippen LogP contribution >= 0.6 is 0 Å². The molecule has 4 nitrogen and oxygen atoms in total. The summed E-state index contributed by atoms with van der Waals surface area (Å²) in [6.45, 7) is 3.97. The summed E-state index contributed by atoms with van der Waals surface area (Å²) in [5, 5.41) is 15.8. The molecule has 0 amide bonds. The summed E-state index contributed by atoms with van der Waals surface area (Å²) in [5.74, 6) is -0.157. The Morgan fingerprint density at radius 3 is 1.57 bits per heavy atom. The van der Waals surface area contributed by atoms with E-state index >= 15 is 0 Å². The quantitative estimate of drug-likeness (QED) is 0.868. The third kappa shape index (κ3) is 2.75. The largest absolute Gasteiger partial charge is 0.392 e. The molecule has 5 atom stereocenters. The van der Waals surface area contributed by atoms with Gasteiger partial charge in [0.1, 0.15) is 0 Å². The van der Waals surface area contributed by atoms with Crippen LogP contribution in [0, 0.1) is 16.7 Å². The van der Waals surface area contributed by atoms with Crippen LogP contribution in [0.2, 0.25) is 0 Å².